The number of hydrogen-bond donors (Lipinski definition) is 1. The highest BCUT2D eigenvalue weighted by Gasteiger charge is 2.34. The maximum Gasteiger partial charge on any atom is 0.164 e. The summed E-state index contributed by atoms with van der Waals surface area (Å²) in [5, 5.41) is 11.0. The van der Waals surface area contributed by atoms with E-state index < -0.39 is 5.60 Å². The maximum absolute atomic E-state index is 11.0. The lowest BCUT2D eigenvalue weighted by Gasteiger charge is -2.26. The SMILES string of the molecule is COc1cc(OC)c(C(C)(O)c2nccn2C)cc1OC. The number of aliphatic hydroxyl groups is 1. The second-order valence-electron chi connectivity index (χ2n) is 4.84. The Bertz CT molecular complexity index is 635. The molecule has 0 aliphatic rings. The Kier molecular flexibility index (Phi) is 4.09. The fourth-order valence-corrected chi connectivity index (χ4v) is 2.36. The molecule has 0 spiro atoms. The maximum atomic E-state index is 11.0. The van der Waals surface area contributed by atoms with Gasteiger partial charge in [-0.05, 0) is 13.0 Å². The first-order valence-corrected chi connectivity index (χ1v) is 6.46. The van der Waals surface area contributed by atoms with E-state index in [9.17, 15) is 5.11 Å². The summed E-state index contributed by atoms with van der Waals surface area (Å²) in [4.78, 5) is 4.22. The van der Waals surface area contributed by atoms with Crippen molar-refractivity contribution in [3.63, 3.8) is 0 Å². The molecule has 1 unspecified atom stereocenters. The quantitative estimate of drug-likeness (QED) is 0.908. The lowest BCUT2D eigenvalue weighted by Crippen LogP contribution is -2.27. The number of nitrogens with zero attached hydrogens (tertiary/aromatic N) is 2. The van der Waals surface area contributed by atoms with Crippen LogP contribution in [0.2, 0.25) is 0 Å². The van der Waals surface area contributed by atoms with Crippen LogP contribution in [-0.4, -0.2) is 36.0 Å². The van der Waals surface area contributed by atoms with Crippen LogP contribution in [0.15, 0.2) is 24.5 Å². The van der Waals surface area contributed by atoms with E-state index >= 15 is 0 Å². The summed E-state index contributed by atoms with van der Waals surface area (Å²) in [5.74, 6) is 2.06. The minimum Gasteiger partial charge on any atom is -0.496 e. The Labute approximate surface area is 123 Å². The normalized spacial score (nSPS) is 13.6. The first-order chi connectivity index (χ1) is 9.95. The first kappa shape index (κ1) is 15.2. The van der Waals surface area contributed by atoms with Gasteiger partial charge in [-0.2, -0.15) is 0 Å². The molecule has 0 amide bonds. The van der Waals surface area contributed by atoms with Crippen molar-refractivity contribution in [3.05, 3.63) is 35.9 Å². The van der Waals surface area contributed by atoms with Gasteiger partial charge in [-0.25, -0.2) is 4.98 Å². The number of imidazole rings is 1. The Morgan fingerprint density at radius 2 is 1.62 bits per heavy atom. The van der Waals surface area contributed by atoms with Crippen LogP contribution in [0.5, 0.6) is 17.2 Å². The third-order valence-corrected chi connectivity index (χ3v) is 3.49. The van der Waals surface area contributed by atoms with Crippen molar-refractivity contribution < 1.29 is 19.3 Å². The highest BCUT2D eigenvalue weighted by Crippen LogP contribution is 2.41. The third kappa shape index (κ3) is 2.54. The molecule has 6 nitrogen and oxygen atoms in total. The van der Waals surface area contributed by atoms with Crippen molar-refractivity contribution >= 4 is 0 Å². The minimum absolute atomic E-state index is 0.501. The van der Waals surface area contributed by atoms with Gasteiger partial charge in [0.15, 0.2) is 11.5 Å². The fourth-order valence-electron chi connectivity index (χ4n) is 2.36. The zero-order valence-electron chi connectivity index (χ0n) is 12.9. The van der Waals surface area contributed by atoms with Crippen molar-refractivity contribution in [2.45, 2.75) is 12.5 Å². The predicted molar refractivity (Wildman–Crippen MR) is 78.0 cm³/mol. The molecule has 0 fully saturated rings. The first-order valence-electron chi connectivity index (χ1n) is 6.46. The summed E-state index contributed by atoms with van der Waals surface area (Å²) in [7, 11) is 6.46. The van der Waals surface area contributed by atoms with E-state index in [0.717, 1.165) is 0 Å². The van der Waals surface area contributed by atoms with Gasteiger partial charge in [0.05, 0.1) is 21.3 Å². The summed E-state index contributed by atoms with van der Waals surface area (Å²) in [6, 6.07) is 3.39. The number of aryl methyl sites for hydroxylation is 1. The van der Waals surface area contributed by atoms with Crippen LogP contribution in [0.25, 0.3) is 0 Å². The molecule has 0 saturated heterocycles. The lowest BCUT2D eigenvalue weighted by atomic mass is 9.93. The third-order valence-electron chi connectivity index (χ3n) is 3.49. The minimum atomic E-state index is -1.33. The molecular formula is C15H20N2O4. The second kappa shape index (κ2) is 5.65. The summed E-state index contributed by atoms with van der Waals surface area (Å²) < 4.78 is 17.7. The van der Waals surface area contributed by atoms with Crippen LogP contribution in [-0.2, 0) is 12.6 Å². The largest absolute Gasteiger partial charge is 0.496 e. The number of benzene rings is 1. The Hall–Kier alpha value is -2.21. The number of ether oxygens (including phenoxy) is 3. The Morgan fingerprint density at radius 3 is 2.10 bits per heavy atom. The Morgan fingerprint density at radius 1 is 1.05 bits per heavy atom. The van der Waals surface area contributed by atoms with Crippen molar-refractivity contribution in [3.8, 4) is 17.2 Å². The predicted octanol–water partition coefficient (Wildman–Crippen LogP) is 1.70. The van der Waals surface area contributed by atoms with E-state index in [1.807, 2.05) is 7.05 Å². The highest BCUT2D eigenvalue weighted by molar-refractivity contribution is 5.54. The molecule has 1 aromatic heterocycles. The van der Waals surface area contributed by atoms with Crippen LogP contribution in [0.1, 0.15) is 18.3 Å². The molecule has 1 aromatic carbocycles. The average molecular weight is 292 g/mol. The molecule has 114 valence electrons. The molecule has 1 atom stereocenters. The molecule has 1 heterocycles. The van der Waals surface area contributed by atoms with E-state index in [-0.39, 0.29) is 0 Å². The molecule has 0 bridgehead atoms. The molecule has 0 saturated carbocycles. The van der Waals surface area contributed by atoms with Crippen LogP contribution in [0, 0.1) is 0 Å². The van der Waals surface area contributed by atoms with Crippen molar-refractivity contribution in [1.82, 2.24) is 9.55 Å². The molecule has 0 radical (unpaired) electrons. The van der Waals surface area contributed by atoms with Crippen molar-refractivity contribution in [1.29, 1.82) is 0 Å². The topological polar surface area (TPSA) is 65.7 Å². The van der Waals surface area contributed by atoms with Gasteiger partial charge in [0.2, 0.25) is 0 Å². The van der Waals surface area contributed by atoms with E-state index in [1.54, 1.807) is 57.3 Å². The zero-order chi connectivity index (χ0) is 15.6. The van der Waals surface area contributed by atoms with Crippen LogP contribution < -0.4 is 14.2 Å². The van der Waals surface area contributed by atoms with Crippen molar-refractivity contribution in [2.24, 2.45) is 7.05 Å². The smallest absolute Gasteiger partial charge is 0.164 e. The molecular weight excluding hydrogens is 272 g/mol. The van der Waals surface area contributed by atoms with Gasteiger partial charge in [0, 0.05) is 31.1 Å². The Balaban J connectivity index is 2.64. The summed E-state index contributed by atoms with van der Waals surface area (Å²) in [6.45, 7) is 1.67. The lowest BCUT2D eigenvalue weighted by molar-refractivity contribution is 0.0857. The summed E-state index contributed by atoms with van der Waals surface area (Å²) in [5.41, 5.74) is -0.777. The number of aromatic nitrogens is 2. The van der Waals surface area contributed by atoms with E-state index in [1.165, 1.54) is 0 Å². The van der Waals surface area contributed by atoms with Crippen LogP contribution in [0.4, 0.5) is 0 Å². The van der Waals surface area contributed by atoms with Gasteiger partial charge in [-0.15, -0.1) is 0 Å². The number of hydrogen-bond acceptors (Lipinski definition) is 5. The van der Waals surface area contributed by atoms with E-state index in [4.69, 9.17) is 14.2 Å². The highest BCUT2D eigenvalue weighted by atomic mass is 16.5. The van der Waals surface area contributed by atoms with Crippen LogP contribution in [0.3, 0.4) is 0 Å². The van der Waals surface area contributed by atoms with E-state index in [0.29, 0.717) is 28.6 Å². The molecule has 2 aromatic rings. The molecule has 6 heteroatoms. The molecule has 0 aliphatic heterocycles. The molecule has 1 N–H and O–H groups in total. The summed E-state index contributed by atoms with van der Waals surface area (Å²) >= 11 is 0. The second-order valence-corrected chi connectivity index (χ2v) is 4.84. The van der Waals surface area contributed by atoms with Crippen LogP contribution >= 0.6 is 0 Å². The zero-order valence-corrected chi connectivity index (χ0v) is 12.9. The fraction of sp³-hybridized carbons (Fsp3) is 0.400. The van der Waals surface area contributed by atoms with Gasteiger partial charge >= 0.3 is 0 Å². The monoisotopic (exact) mass is 292 g/mol. The van der Waals surface area contributed by atoms with Gasteiger partial charge in [-0.1, -0.05) is 0 Å². The van der Waals surface area contributed by atoms with Crippen molar-refractivity contribution in [2.75, 3.05) is 21.3 Å². The molecule has 2 rings (SSSR count). The molecule has 21 heavy (non-hydrogen) atoms. The summed E-state index contributed by atoms with van der Waals surface area (Å²) in [6.07, 6.45) is 3.41. The number of rotatable bonds is 5. The van der Waals surface area contributed by atoms with E-state index in [2.05, 4.69) is 4.98 Å². The number of methoxy groups -OCH3 is 3. The van der Waals surface area contributed by atoms with Gasteiger partial charge in [-0.3, -0.25) is 0 Å². The van der Waals surface area contributed by atoms with Gasteiger partial charge < -0.3 is 23.9 Å². The van der Waals surface area contributed by atoms with Gasteiger partial charge in [0.25, 0.3) is 0 Å². The van der Waals surface area contributed by atoms with Gasteiger partial charge in [0.1, 0.15) is 17.2 Å². The standard InChI is InChI=1S/C15H20N2O4/c1-15(18,14-16-6-7-17(14)2)10-8-12(20-4)13(21-5)9-11(10)19-3/h6-9,18H,1-5H3. The average Bonchev–Trinajstić information content (AvgIpc) is 2.92. The molecule has 0 aliphatic carbocycles.